The highest BCUT2D eigenvalue weighted by atomic mass is 19.2. The molecule has 176 valence electrons. The normalized spacial score (nSPS) is 18.2. The van der Waals surface area contributed by atoms with E-state index in [0.29, 0.717) is 22.6 Å². The molecule has 1 saturated carbocycles. The molecule has 4 rings (SSSR count). The molecule has 0 unspecified atom stereocenters. The van der Waals surface area contributed by atoms with E-state index in [-0.39, 0.29) is 23.8 Å². The lowest BCUT2D eigenvalue weighted by atomic mass is 9.79. The van der Waals surface area contributed by atoms with Crippen LogP contribution in [0.4, 0.5) is 13.2 Å². The summed E-state index contributed by atoms with van der Waals surface area (Å²) in [4.78, 5) is 0. The van der Waals surface area contributed by atoms with Crippen LogP contribution in [0.3, 0.4) is 0 Å². The third kappa shape index (κ3) is 5.44. The number of halogens is 3. The average Bonchev–Trinajstić information content (AvgIpc) is 2.85. The van der Waals surface area contributed by atoms with Crippen LogP contribution in [-0.4, -0.2) is 6.61 Å². The third-order valence-electron chi connectivity index (χ3n) is 6.57. The summed E-state index contributed by atoms with van der Waals surface area (Å²) < 4.78 is 49.2. The van der Waals surface area contributed by atoms with Gasteiger partial charge in [-0.1, -0.05) is 87.0 Å². The molecule has 0 heterocycles. The maximum atomic E-state index is 15.0. The highest BCUT2D eigenvalue weighted by molar-refractivity contribution is 5.72. The molecule has 0 spiro atoms. The van der Waals surface area contributed by atoms with Gasteiger partial charge in [-0.3, -0.25) is 0 Å². The van der Waals surface area contributed by atoms with Crippen molar-refractivity contribution < 1.29 is 17.9 Å². The van der Waals surface area contributed by atoms with Crippen molar-refractivity contribution in [2.75, 3.05) is 6.61 Å². The van der Waals surface area contributed by atoms with E-state index >= 15 is 0 Å². The minimum atomic E-state index is -0.784. The maximum Gasteiger partial charge on any atom is 0.166 e. The highest BCUT2D eigenvalue weighted by Gasteiger charge is 2.25. The number of hydrogen-bond acceptors (Lipinski definition) is 1. The number of ether oxygens (including phenoxy) is 1. The third-order valence-corrected chi connectivity index (χ3v) is 6.57. The fourth-order valence-corrected chi connectivity index (χ4v) is 4.53. The molecule has 1 aliphatic carbocycles. The second-order valence-electron chi connectivity index (χ2n) is 9.03. The SMILES string of the molecule is C=CCOc1ccc(/C=C/c2ccc(-c3ccc(C4CCC(C)CC4)c(F)c3F)cc2)cc1F. The summed E-state index contributed by atoms with van der Waals surface area (Å²) in [6.45, 7) is 6.00. The minimum Gasteiger partial charge on any atom is -0.486 e. The molecule has 3 aromatic rings. The molecule has 4 heteroatoms. The van der Waals surface area contributed by atoms with Crippen LogP contribution in [0, 0.1) is 23.4 Å². The lowest BCUT2D eigenvalue weighted by Crippen LogP contribution is -2.13. The Morgan fingerprint density at radius 2 is 1.53 bits per heavy atom. The molecule has 0 radical (unpaired) electrons. The van der Waals surface area contributed by atoms with Gasteiger partial charge in [-0.15, -0.1) is 0 Å². The van der Waals surface area contributed by atoms with Crippen LogP contribution in [0.2, 0.25) is 0 Å². The van der Waals surface area contributed by atoms with E-state index in [1.807, 2.05) is 18.2 Å². The van der Waals surface area contributed by atoms with Gasteiger partial charge < -0.3 is 4.74 Å². The Balaban J connectivity index is 1.48. The Kier molecular flexibility index (Phi) is 7.56. The largest absolute Gasteiger partial charge is 0.486 e. The first-order valence-corrected chi connectivity index (χ1v) is 11.8. The summed E-state index contributed by atoms with van der Waals surface area (Å²) in [5.74, 6) is -1.01. The molecule has 1 nitrogen and oxygen atoms in total. The molecule has 0 N–H and O–H groups in total. The van der Waals surface area contributed by atoms with E-state index in [1.54, 1.807) is 48.6 Å². The minimum absolute atomic E-state index is 0.0970. The molecule has 3 aromatic carbocycles. The number of hydrogen-bond donors (Lipinski definition) is 0. The lowest BCUT2D eigenvalue weighted by Gasteiger charge is -2.27. The monoisotopic (exact) mass is 462 g/mol. The summed E-state index contributed by atoms with van der Waals surface area (Å²) >= 11 is 0. The predicted molar refractivity (Wildman–Crippen MR) is 133 cm³/mol. The summed E-state index contributed by atoms with van der Waals surface area (Å²) in [5.41, 5.74) is 2.93. The van der Waals surface area contributed by atoms with Gasteiger partial charge in [0.1, 0.15) is 6.61 Å². The fraction of sp³-hybridized carbons (Fsp3) is 0.267. The maximum absolute atomic E-state index is 15.0. The highest BCUT2D eigenvalue weighted by Crippen LogP contribution is 2.38. The van der Waals surface area contributed by atoms with Crippen LogP contribution in [0.1, 0.15) is 55.2 Å². The molecule has 0 amide bonds. The van der Waals surface area contributed by atoms with E-state index in [1.165, 1.54) is 6.07 Å². The standard InChI is InChI=1S/C30H29F3O/c1-3-18-34-28-17-10-22(19-27(28)31)7-6-21-8-13-24(14-9-21)26-16-15-25(29(32)30(26)33)23-11-4-20(2)5-12-23/h3,6-10,13-17,19-20,23H,1,4-5,11-12,18H2,2H3/b7-6+. The van der Waals surface area contributed by atoms with Crippen molar-refractivity contribution in [3.05, 3.63) is 101 Å². The van der Waals surface area contributed by atoms with Crippen LogP contribution in [0.25, 0.3) is 23.3 Å². The molecular weight excluding hydrogens is 433 g/mol. The molecule has 1 fully saturated rings. The predicted octanol–water partition coefficient (Wildman–Crippen LogP) is 8.80. The molecule has 0 atom stereocenters. The van der Waals surface area contributed by atoms with E-state index in [4.69, 9.17) is 4.74 Å². The van der Waals surface area contributed by atoms with Crippen molar-refractivity contribution >= 4 is 12.2 Å². The fourth-order valence-electron chi connectivity index (χ4n) is 4.53. The van der Waals surface area contributed by atoms with Gasteiger partial charge in [0.05, 0.1) is 0 Å². The average molecular weight is 463 g/mol. The zero-order valence-corrected chi connectivity index (χ0v) is 19.4. The van der Waals surface area contributed by atoms with Crippen LogP contribution in [0.15, 0.2) is 67.3 Å². The topological polar surface area (TPSA) is 9.23 Å². The van der Waals surface area contributed by atoms with Gasteiger partial charge in [0.15, 0.2) is 23.2 Å². The van der Waals surface area contributed by atoms with Gasteiger partial charge in [-0.2, -0.15) is 0 Å². The van der Waals surface area contributed by atoms with E-state index in [2.05, 4.69) is 13.5 Å². The molecule has 0 aliphatic heterocycles. The summed E-state index contributed by atoms with van der Waals surface area (Å²) in [5, 5.41) is 0. The Bertz CT molecular complexity index is 1170. The Hall–Kier alpha value is -3.27. The van der Waals surface area contributed by atoms with Crippen molar-refractivity contribution in [3.63, 3.8) is 0 Å². The van der Waals surface area contributed by atoms with Crippen LogP contribution in [0.5, 0.6) is 5.75 Å². The van der Waals surface area contributed by atoms with E-state index in [9.17, 15) is 13.2 Å². The molecule has 0 saturated heterocycles. The van der Waals surface area contributed by atoms with Crippen LogP contribution < -0.4 is 4.74 Å². The smallest absolute Gasteiger partial charge is 0.166 e. The second kappa shape index (κ2) is 10.8. The van der Waals surface area contributed by atoms with Gasteiger partial charge in [0.25, 0.3) is 0 Å². The van der Waals surface area contributed by atoms with E-state index in [0.717, 1.165) is 31.2 Å². The van der Waals surface area contributed by atoms with Crippen molar-refractivity contribution in [3.8, 4) is 16.9 Å². The summed E-state index contributed by atoms with van der Waals surface area (Å²) in [6, 6.07) is 15.4. The quantitative estimate of drug-likeness (QED) is 0.252. The van der Waals surface area contributed by atoms with Crippen LogP contribution in [-0.2, 0) is 0 Å². The zero-order valence-electron chi connectivity index (χ0n) is 19.4. The molecule has 1 aliphatic rings. The van der Waals surface area contributed by atoms with Gasteiger partial charge >= 0.3 is 0 Å². The Morgan fingerprint density at radius 1 is 0.853 bits per heavy atom. The van der Waals surface area contributed by atoms with Crippen LogP contribution >= 0.6 is 0 Å². The van der Waals surface area contributed by atoms with Crippen molar-refractivity contribution in [1.29, 1.82) is 0 Å². The van der Waals surface area contributed by atoms with Crippen molar-refractivity contribution in [2.45, 2.75) is 38.5 Å². The van der Waals surface area contributed by atoms with Crippen molar-refractivity contribution in [1.82, 2.24) is 0 Å². The van der Waals surface area contributed by atoms with Gasteiger partial charge in [-0.25, -0.2) is 13.2 Å². The first-order valence-electron chi connectivity index (χ1n) is 11.8. The molecule has 0 bridgehead atoms. The molecular formula is C30H29F3O. The van der Waals surface area contributed by atoms with E-state index < -0.39 is 17.5 Å². The first-order chi connectivity index (χ1) is 16.5. The van der Waals surface area contributed by atoms with Crippen molar-refractivity contribution in [2.24, 2.45) is 5.92 Å². The van der Waals surface area contributed by atoms with Gasteiger partial charge in [0, 0.05) is 5.56 Å². The second-order valence-corrected chi connectivity index (χ2v) is 9.03. The zero-order chi connectivity index (χ0) is 24.1. The number of rotatable bonds is 7. The Morgan fingerprint density at radius 3 is 2.21 bits per heavy atom. The Labute approximate surface area is 199 Å². The molecule has 0 aromatic heterocycles. The van der Waals surface area contributed by atoms with Gasteiger partial charge in [0.2, 0.25) is 0 Å². The van der Waals surface area contributed by atoms with Gasteiger partial charge in [-0.05, 0) is 59.1 Å². The first kappa shape index (κ1) is 23.9. The number of benzene rings is 3. The summed E-state index contributed by atoms with van der Waals surface area (Å²) in [6.07, 6.45) is 9.12. The summed E-state index contributed by atoms with van der Waals surface area (Å²) in [7, 11) is 0. The lowest BCUT2D eigenvalue weighted by molar-refractivity contribution is 0.339. The molecule has 34 heavy (non-hydrogen) atoms.